The highest BCUT2D eigenvalue weighted by molar-refractivity contribution is 6.76. The van der Waals surface area contributed by atoms with E-state index in [1.165, 1.54) is 0 Å². The highest BCUT2D eigenvalue weighted by Gasteiger charge is 2.17. The van der Waals surface area contributed by atoms with Crippen molar-refractivity contribution in [3.8, 4) is 6.07 Å². The Labute approximate surface area is 95.7 Å². The molecule has 0 fully saturated rings. The Morgan fingerprint density at radius 1 is 1.19 bits per heavy atom. The molecule has 0 amide bonds. The average molecular weight is 239 g/mol. The number of rotatable bonds is 3. The Morgan fingerprint density at radius 2 is 1.69 bits per heavy atom. The molecule has 0 heterocycles. The van der Waals surface area contributed by atoms with Crippen LogP contribution in [0.5, 0.6) is 0 Å². The minimum absolute atomic E-state index is 0.0340. The van der Waals surface area contributed by atoms with Gasteiger partial charge in [0.25, 0.3) is 0 Å². The van der Waals surface area contributed by atoms with Gasteiger partial charge in [-0.25, -0.2) is 8.78 Å². The first-order valence-corrected chi connectivity index (χ1v) is 8.92. The maximum atomic E-state index is 13.5. The van der Waals surface area contributed by atoms with Gasteiger partial charge in [0.2, 0.25) is 0 Å². The third-order valence-electron chi connectivity index (χ3n) is 2.40. The van der Waals surface area contributed by atoms with Crippen molar-refractivity contribution in [3.63, 3.8) is 0 Å². The standard InChI is InChI=1S/C12H15F2NSi/c1-16(2,3)5-4-10-11(13)6-9(8-15)7-12(10)14/h6-7H,4-5H2,1-3H3. The van der Waals surface area contributed by atoms with E-state index >= 15 is 0 Å². The van der Waals surface area contributed by atoms with Crippen LogP contribution in [-0.4, -0.2) is 8.07 Å². The van der Waals surface area contributed by atoms with Gasteiger partial charge in [-0.2, -0.15) is 5.26 Å². The molecule has 86 valence electrons. The summed E-state index contributed by atoms with van der Waals surface area (Å²) in [6, 6.07) is 4.78. The van der Waals surface area contributed by atoms with Crippen LogP contribution in [0.2, 0.25) is 25.7 Å². The summed E-state index contributed by atoms with van der Waals surface area (Å²) in [5.41, 5.74) is 0.146. The molecular weight excluding hydrogens is 224 g/mol. The maximum absolute atomic E-state index is 13.5. The summed E-state index contributed by atoms with van der Waals surface area (Å²) in [5, 5.41) is 8.56. The lowest BCUT2D eigenvalue weighted by Crippen LogP contribution is -2.20. The van der Waals surface area contributed by atoms with Crippen molar-refractivity contribution in [2.45, 2.75) is 32.1 Å². The molecule has 0 radical (unpaired) electrons. The van der Waals surface area contributed by atoms with Crippen LogP contribution >= 0.6 is 0 Å². The van der Waals surface area contributed by atoms with E-state index in [-0.39, 0.29) is 11.1 Å². The van der Waals surface area contributed by atoms with Crippen LogP contribution < -0.4 is 0 Å². The number of halogens is 2. The summed E-state index contributed by atoms with van der Waals surface area (Å²) in [6.07, 6.45) is 0.416. The number of hydrogen-bond donors (Lipinski definition) is 0. The van der Waals surface area contributed by atoms with Crippen LogP contribution in [0.25, 0.3) is 0 Å². The number of nitrogens with zero attached hydrogens (tertiary/aromatic N) is 1. The molecule has 0 aliphatic carbocycles. The summed E-state index contributed by atoms with van der Waals surface area (Å²) in [4.78, 5) is 0. The van der Waals surface area contributed by atoms with Crippen molar-refractivity contribution in [2.24, 2.45) is 0 Å². The monoisotopic (exact) mass is 239 g/mol. The van der Waals surface area contributed by atoms with Gasteiger partial charge in [-0.15, -0.1) is 0 Å². The summed E-state index contributed by atoms with van der Waals surface area (Å²) >= 11 is 0. The summed E-state index contributed by atoms with van der Waals surface area (Å²) < 4.78 is 27.0. The number of hydrogen-bond acceptors (Lipinski definition) is 1. The van der Waals surface area contributed by atoms with Gasteiger partial charge >= 0.3 is 0 Å². The molecule has 0 bridgehead atoms. The lowest BCUT2D eigenvalue weighted by Gasteiger charge is -2.15. The van der Waals surface area contributed by atoms with Crippen molar-refractivity contribution in [1.29, 1.82) is 5.26 Å². The average Bonchev–Trinajstić information content (AvgIpc) is 2.14. The van der Waals surface area contributed by atoms with E-state index in [4.69, 9.17) is 5.26 Å². The van der Waals surface area contributed by atoms with Gasteiger partial charge in [0.05, 0.1) is 11.6 Å². The Morgan fingerprint density at radius 3 is 2.06 bits per heavy atom. The van der Waals surface area contributed by atoms with E-state index < -0.39 is 19.7 Å². The summed E-state index contributed by atoms with van der Waals surface area (Å²) in [5.74, 6) is -1.20. The van der Waals surface area contributed by atoms with E-state index in [1.807, 2.05) is 0 Å². The van der Waals surface area contributed by atoms with E-state index in [1.54, 1.807) is 6.07 Å². The second kappa shape index (κ2) is 4.75. The molecule has 4 heteroatoms. The lowest BCUT2D eigenvalue weighted by molar-refractivity contribution is 0.557. The Bertz CT molecular complexity index is 407. The lowest BCUT2D eigenvalue weighted by atomic mass is 10.1. The van der Waals surface area contributed by atoms with Crippen molar-refractivity contribution in [1.82, 2.24) is 0 Å². The molecule has 16 heavy (non-hydrogen) atoms. The highest BCUT2D eigenvalue weighted by atomic mass is 28.3. The molecule has 1 aromatic rings. The topological polar surface area (TPSA) is 23.8 Å². The molecule has 0 saturated heterocycles. The molecule has 0 aliphatic rings. The van der Waals surface area contributed by atoms with Crippen LogP contribution in [0.4, 0.5) is 8.78 Å². The Balaban J connectivity index is 2.94. The molecule has 1 rings (SSSR count). The molecule has 0 spiro atoms. The molecule has 0 unspecified atom stereocenters. The van der Waals surface area contributed by atoms with Crippen molar-refractivity contribution < 1.29 is 8.78 Å². The molecule has 0 aliphatic heterocycles. The molecule has 0 saturated carbocycles. The quantitative estimate of drug-likeness (QED) is 0.737. The minimum atomic E-state index is -1.31. The molecule has 0 atom stereocenters. The van der Waals surface area contributed by atoms with E-state index in [9.17, 15) is 8.78 Å². The Hall–Kier alpha value is -1.21. The first kappa shape index (κ1) is 12.9. The van der Waals surface area contributed by atoms with Crippen molar-refractivity contribution in [3.05, 3.63) is 34.9 Å². The predicted molar refractivity (Wildman–Crippen MR) is 62.9 cm³/mol. The highest BCUT2D eigenvalue weighted by Crippen LogP contribution is 2.20. The van der Waals surface area contributed by atoms with Crippen LogP contribution in [0.3, 0.4) is 0 Å². The van der Waals surface area contributed by atoms with Gasteiger partial charge in [0, 0.05) is 13.6 Å². The van der Waals surface area contributed by atoms with Gasteiger partial charge in [-0.1, -0.05) is 25.7 Å². The molecular formula is C12H15F2NSi. The SMILES string of the molecule is C[Si](C)(C)CCc1c(F)cc(C#N)cc1F. The van der Waals surface area contributed by atoms with Gasteiger partial charge in [-0.05, 0) is 18.6 Å². The second-order valence-electron chi connectivity index (χ2n) is 5.09. The second-order valence-corrected chi connectivity index (χ2v) is 10.7. The van der Waals surface area contributed by atoms with E-state index in [2.05, 4.69) is 19.6 Å². The molecule has 0 aromatic heterocycles. The number of benzene rings is 1. The molecule has 0 N–H and O–H groups in total. The third-order valence-corrected chi connectivity index (χ3v) is 4.15. The van der Waals surface area contributed by atoms with Crippen molar-refractivity contribution >= 4 is 8.07 Å². The van der Waals surface area contributed by atoms with Crippen LogP contribution in [0, 0.1) is 23.0 Å². The van der Waals surface area contributed by atoms with E-state index in [0.29, 0.717) is 6.42 Å². The maximum Gasteiger partial charge on any atom is 0.130 e. The van der Waals surface area contributed by atoms with E-state index in [0.717, 1.165) is 18.2 Å². The zero-order valence-corrected chi connectivity index (χ0v) is 10.8. The first-order valence-electron chi connectivity index (χ1n) is 5.21. The number of nitriles is 1. The van der Waals surface area contributed by atoms with Crippen LogP contribution in [0.15, 0.2) is 12.1 Å². The van der Waals surface area contributed by atoms with Gasteiger partial charge in [0.15, 0.2) is 0 Å². The third kappa shape index (κ3) is 3.42. The zero-order valence-electron chi connectivity index (χ0n) is 9.77. The van der Waals surface area contributed by atoms with Gasteiger partial charge in [0.1, 0.15) is 11.6 Å². The van der Waals surface area contributed by atoms with Crippen LogP contribution in [-0.2, 0) is 6.42 Å². The normalized spacial score (nSPS) is 11.2. The van der Waals surface area contributed by atoms with Crippen molar-refractivity contribution in [2.75, 3.05) is 0 Å². The fraction of sp³-hybridized carbons (Fsp3) is 0.417. The van der Waals surface area contributed by atoms with Gasteiger partial charge < -0.3 is 0 Å². The first-order chi connectivity index (χ1) is 7.33. The molecule has 1 nitrogen and oxygen atoms in total. The zero-order chi connectivity index (χ0) is 12.3. The fourth-order valence-electron chi connectivity index (χ4n) is 1.41. The Kier molecular flexibility index (Phi) is 3.82. The molecule has 1 aromatic carbocycles. The largest absolute Gasteiger partial charge is 0.207 e. The van der Waals surface area contributed by atoms with Crippen LogP contribution in [0.1, 0.15) is 11.1 Å². The summed E-state index contributed by atoms with van der Waals surface area (Å²) in [6.45, 7) is 6.48. The fourth-order valence-corrected chi connectivity index (χ4v) is 2.41. The van der Waals surface area contributed by atoms with Gasteiger partial charge in [-0.3, -0.25) is 0 Å². The minimum Gasteiger partial charge on any atom is -0.207 e. The predicted octanol–water partition coefficient (Wildman–Crippen LogP) is 3.72. The smallest absolute Gasteiger partial charge is 0.130 e. The summed E-state index contributed by atoms with van der Waals surface area (Å²) in [7, 11) is -1.31.